The molecule has 0 spiro atoms. The van der Waals surface area contributed by atoms with Crippen LogP contribution in [0.2, 0.25) is 0 Å². The van der Waals surface area contributed by atoms with Gasteiger partial charge in [0.15, 0.2) is 0 Å². The van der Waals surface area contributed by atoms with Crippen molar-refractivity contribution < 1.29 is 15.0 Å². The second kappa shape index (κ2) is 7.42. The molecule has 0 aliphatic rings. The molecule has 4 N–H and O–H groups in total. The van der Waals surface area contributed by atoms with Crippen LogP contribution in [0.5, 0.6) is 0 Å². The standard InChI is InChI=1S/C16H18N2O3/c19-11-13(20)10-17-16(21)18-15-9-5-4-8-14(15)12-6-2-1-3-7-12/h1-9,13,19-20H,10-11H2,(H2,17,18,21)/t13-/m0/s1. The second-order valence-corrected chi connectivity index (χ2v) is 4.58. The van der Waals surface area contributed by atoms with E-state index in [2.05, 4.69) is 10.6 Å². The molecule has 0 radical (unpaired) electrons. The summed E-state index contributed by atoms with van der Waals surface area (Å²) in [5, 5.41) is 23.2. The maximum absolute atomic E-state index is 11.8. The molecule has 110 valence electrons. The van der Waals surface area contributed by atoms with E-state index in [4.69, 9.17) is 5.11 Å². The van der Waals surface area contributed by atoms with E-state index in [1.807, 2.05) is 54.6 Å². The molecule has 2 rings (SSSR count). The Bertz CT molecular complexity index is 587. The number of amides is 2. The minimum atomic E-state index is -0.958. The summed E-state index contributed by atoms with van der Waals surface area (Å²) in [7, 11) is 0. The van der Waals surface area contributed by atoms with Crippen LogP contribution in [0.3, 0.4) is 0 Å². The van der Waals surface area contributed by atoms with Crippen LogP contribution in [0.25, 0.3) is 11.1 Å². The summed E-state index contributed by atoms with van der Waals surface area (Å²) in [6, 6.07) is 16.8. The lowest BCUT2D eigenvalue weighted by atomic mass is 10.0. The Hall–Kier alpha value is -2.37. The third-order valence-corrected chi connectivity index (χ3v) is 2.97. The number of aliphatic hydroxyl groups is 2. The minimum absolute atomic E-state index is 0.00413. The molecule has 2 aromatic rings. The summed E-state index contributed by atoms with van der Waals surface area (Å²) in [6.07, 6.45) is -0.958. The zero-order valence-electron chi connectivity index (χ0n) is 11.5. The quantitative estimate of drug-likeness (QED) is 0.677. The lowest BCUT2D eigenvalue weighted by molar-refractivity contribution is 0.0965. The molecule has 5 heteroatoms. The molecule has 0 fully saturated rings. The average molecular weight is 286 g/mol. The minimum Gasteiger partial charge on any atom is -0.394 e. The van der Waals surface area contributed by atoms with Gasteiger partial charge >= 0.3 is 6.03 Å². The molecule has 0 aromatic heterocycles. The van der Waals surface area contributed by atoms with Crippen LogP contribution in [0.15, 0.2) is 54.6 Å². The maximum atomic E-state index is 11.8. The number of benzene rings is 2. The number of anilines is 1. The lowest BCUT2D eigenvalue weighted by Crippen LogP contribution is -2.36. The fourth-order valence-electron chi connectivity index (χ4n) is 1.90. The van der Waals surface area contributed by atoms with E-state index in [1.165, 1.54) is 0 Å². The molecule has 0 saturated carbocycles. The van der Waals surface area contributed by atoms with E-state index < -0.39 is 12.1 Å². The van der Waals surface area contributed by atoms with Gasteiger partial charge in [-0.25, -0.2) is 4.79 Å². The van der Waals surface area contributed by atoms with Crippen LogP contribution < -0.4 is 10.6 Å². The van der Waals surface area contributed by atoms with Crippen molar-refractivity contribution in [3.05, 3.63) is 54.6 Å². The molecule has 1 atom stereocenters. The Labute approximate surface area is 123 Å². The number of para-hydroxylation sites is 1. The number of hydrogen-bond donors (Lipinski definition) is 4. The molecular weight excluding hydrogens is 268 g/mol. The third-order valence-electron chi connectivity index (χ3n) is 2.97. The van der Waals surface area contributed by atoms with Crippen LogP contribution >= 0.6 is 0 Å². The number of aliphatic hydroxyl groups excluding tert-OH is 2. The summed E-state index contributed by atoms with van der Waals surface area (Å²) in [4.78, 5) is 11.8. The Morgan fingerprint density at radius 2 is 1.71 bits per heavy atom. The molecule has 2 aromatic carbocycles. The molecule has 0 unspecified atom stereocenters. The van der Waals surface area contributed by atoms with Crippen molar-refractivity contribution >= 4 is 11.7 Å². The van der Waals surface area contributed by atoms with Crippen molar-refractivity contribution in [3.63, 3.8) is 0 Å². The van der Waals surface area contributed by atoms with Gasteiger partial charge in [0.05, 0.1) is 18.4 Å². The highest BCUT2D eigenvalue weighted by Crippen LogP contribution is 2.27. The predicted octanol–water partition coefficient (Wildman–Crippen LogP) is 1.83. The first kappa shape index (κ1) is 15.0. The van der Waals surface area contributed by atoms with Crippen molar-refractivity contribution in [1.29, 1.82) is 0 Å². The van der Waals surface area contributed by atoms with Crippen LogP contribution in [-0.2, 0) is 0 Å². The largest absolute Gasteiger partial charge is 0.394 e. The van der Waals surface area contributed by atoms with Gasteiger partial charge in [-0.15, -0.1) is 0 Å². The Morgan fingerprint density at radius 3 is 2.43 bits per heavy atom. The van der Waals surface area contributed by atoms with Crippen molar-refractivity contribution in [2.24, 2.45) is 0 Å². The van der Waals surface area contributed by atoms with E-state index in [0.29, 0.717) is 5.69 Å². The van der Waals surface area contributed by atoms with Crippen molar-refractivity contribution in [2.75, 3.05) is 18.5 Å². The number of urea groups is 1. The Morgan fingerprint density at radius 1 is 1.05 bits per heavy atom. The second-order valence-electron chi connectivity index (χ2n) is 4.58. The molecule has 2 amide bonds. The summed E-state index contributed by atoms with van der Waals surface area (Å²) >= 11 is 0. The summed E-state index contributed by atoms with van der Waals surface area (Å²) in [6.45, 7) is -0.392. The van der Waals surface area contributed by atoms with E-state index in [-0.39, 0.29) is 13.2 Å². The van der Waals surface area contributed by atoms with Crippen molar-refractivity contribution in [2.45, 2.75) is 6.10 Å². The number of rotatable bonds is 5. The highest BCUT2D eigenvalue weighted by atomic mass is 16.3. The van der Waals surface area contributed by atoms with Gasteiger partial charge < -0.3 is 20.8 Å². The van der Waals surface area contributed by atoms with Crippen molar-refractivity contribution in [1.82, 2.24) is 5.32 Å². The Balaban J connectivity index is 2.09. The van der Waals surface area contributed by atoms with E-state index in [1.54, 1.807) is 0 Å². The highest BCUT2D eigenvalue weighted by molar-refractivity contribution is 5.94. The fraction of sp³-hybridized carbons (Fsp3) is 0.188. The summed E-state index contributed by atoms with van der Waals surface area (Å²) in [5.74, 6) is 0. The molecule has 0 aliphatic heterocycles. The molecule has 5 nitrogen and oxygen atoms in total. The SMILES string of the molecule is O=C(NC[C@H](O)CO)Nc1ccccc1-c1ccccc1. The van der Waals surface area contributed by atoms with Gasteiger partial charge in [0, 0.05) is 12.1 Å². The fourth-order valence-corrected chi connectivity index (χ4v) is 1.90. The average Bonchev–Trinajstić information content (AvgIpc) is 2.54. The first-order chi connectivity index (χ1) is 10.2. The number of carbonyl (C=O) groups is 1. The first-order valence-corrected chi connectivity index (χ1v) is 6.69. The number of carbonyl (C=O) groups excluding carboxylic acids is 1. The van der Waals surface area contributed by atoms with Crippen LogP contribution in [-0.4, -0.2) is 35.5 Å². The third kappa shape index (κ3) is 4.30. The molecule has 0 saturated heterocycles. The number of nitrogens with one attached hydrogen (secondary N) is 2. The summed E-state index contributed by atoms with van der Waals surface area (Å²) < 4.78 is 0. The van der Waals surface area contributed by atoms with Gasteiger partial charge in [-0.05, 0) is 11.6 Å². The Kier molecular flexibility index (Phi) is 5.31. The zero-order valence-corrected chi connectivity index (χ0v) is 11.5. The van der Waals surface area contributed by atoms with Crippen molar-refractivity contribution in [3.8, 4) is 11.1 Å². The van der Waals surface area contributed by atoms with E-state index >= 15 is 0 Å². The van der Waals surface area contributed by atoms with Gasteiger partial charge in [-0.2, -0.15) is 0 Å². The van der Waals surface area contributed by atoms with Gasteiger partial charge in [0.2, 0.25) is 0 Å². The topological polar surface area (TPSA) is 81.6 Å². The number of hydrogen-bond acceptors (Lipinski definition) is 3. The lowest BCUT2D eigenvalue weighted by Gasteiger charge is -2.13. The molecule has 21 heavy (non-hydrogen) atoms. The van der Waals surface area contributed by atoms with E-state index in [0.717, 1.165) is 11.1 Å². The zero-order chi connectivity index (χ0) is 15.1. The molecule has 0 heterocycles. The summed E-state index contributed by atoms with van der Waals surface area (Å²) in [5.41, 5.74) is 2.60. The molecule has 0 bridgehead atoms. The monoisotopic (exact) mass is 286 g/mol. The van der Waals surface area contributed by atoms with Crippen LogP contribution in [0.4, 0.5) is 10.5 Å². The van der Waals surface area contributed by atoms with Crippen LogP contribution in [0, 0.1) is 0 Å². The van der Waals surface area contributed by atoms with Gasteiger partial charge in [0.25, 0.3) is 0 Å². The smallest absolute Gasteiger partial charge is 0.319 e. The normalized spacial score (nSPS) is 11.7. The van der Waals surface area contributed by atoms with Gasteiger partial charge in [-0.3, -0.25) is 0 Å². The van der Waals surface area contributed by atoms with Gasteiger partial charge in [0.1, 0.15) is 0 Å². The van der Waals surface area contributed by atoms with Gasteiger partial charge in [-0.1, -0.05) is 48.5 Å². The predicted molar refractivity (Wildman–Crippen MR) is 82.0 cm³/mol. The van der Waals surface area contributed by atoms with E-state index in [9.17, 15) is 9.90 Å². The van der Waals surface area contributed by atoms with Crippen LogP contribution in [0.1, 0.15) is 0 Å². The molecule has 0 aliphatic carbocycles. The molecular formula is C16H18N2O3. The first-order valence-electron chi connectivity index (χ1n) is 6.69. The highest BCUT2D eigenvalue weighted by Gasteiger charge is 2.09. The maximum Gasteiger partial charge on any atom is 0.319 e.